The van der Waals surface area contributed by atoms with Crippen molar-refractivity contribution >= 4 is 22.8 Å². The van der Waals surface area contributed by atoms with Crippen LogP contribution in [0.2, 0.25) is 0 Å². The molecule has 2 aliphatic carbocycles. The molecule has 1 aromatic carbocycles. The molecule has 0 aliphatic heterocycles. The van der Waals surface area contributed by atoms with Gasteiger partial charge in [-0.3, -0.25) is 14.3 Å². The number of amides is 2. The fourth-order valence-electron chi connectivity index (χ4n) is 4.88. The predicted octanol–water partition coefficient (Wildman–Crippen LogP) is 5.91. The van der Waals surface area contributed by atoms with Crippen LogP contribution < -0.4 is 10.6 Å². The molecule has 0 atom stereocenters. The molecule has 2 aliphatic rings. The van der Waals surface area contributed by atoms with Gasteiger partial charge in [0.1, 0.15) is 11.9 Å². The van der Waals surface area contributed by atoms with Crippen molar-refractivity contribution in [2.24, 2.45) is 5.92 Å². The highest BCUT2D eigenvalue weighted by atomic mass is 19.4. The number of fused-ring (bicyclic) bond motifs is 1. The molecule has 2 heterocycles. The van der Waals surface area contributed by atoms with E-state index < -0.39 is 36.8 Å². The number of aromatic amines is 1. The molecule has 3 aromatic rings. The highest BCUT2D eigenvalue weighted by molar-refractivity contribution is 5.95. The van der Waals surface area contributed by atoms with Crippen LogP contribution in [0.3, 0.4) is 0 Å². The fourth-order valence-corrected chi connectivity index (χ4v) is 4.88. The van der Waals surface area contributed by atoms with Crippen molar-refractivity contribution in [2.75, 3.05) is 0 Å². The highest BCUT2D eigenvalue weighted by Crippen LogP contribution is 2.32. The normalized spacial score (nSPS) is 16.5. The molecule has 0 unspecified atom stereocenters. The van der Waals surface area contributed by atoms with E-state index >= 15 is 0 Å². The number of imidazole rings is 1. The number of alkyl halides is 5. The monoisotopic (exact) mass is 607 g/mol. The van der Waals surface area contributed by atoms with Crippen LogP contribution in [0.15, 0.2) is 24.4 Å². The average Bonchev–Trinajstić information content (AvgIpc) is 3.54. The number of nitriles is 1. The average molecular weight is 608 g/mol. The van der Waals surface area contributed by atoms with Crippen LogP contribution in [0.4, 0.5) is 22.0 Å². The molecular formula is C29H34F5N7O2. The maximum Gasteiger partial charge on any atom is 0.389 e. The molecule has 2 saturated carbocycles. The molecule has 0 saturated heterocycles. The zero-order valence-corrected chi connectivity index (χ0v) is 23.6. The van der Waals surface area contributed by atoms with Crippen LogP contribution in [-0.2, 0) is 24.4 Å². The number of halogens is 5. The minimum absolute atomic E-state index is 0.0772. The van der Waals surface area contributed by atoms with Gasteiger partial charge in [0.25, 0.3) is 5.91 Å². The van der Waals surface area contributed by atoms with E-state index in [4.69, 9.17) is 0 Å². The lowest BCUT2D eigenvalue weighted by Gasteiger charge is -2.24. The van der Waals surface area contributed by atoms with Gasteiger partial charge in [-0.15, -0.1) is 0 Å². The third-order valence-corrected chi connectivity index (χ3v) is 7.50. The summed E-state index contributed by atoms with van der Waals surface area (Å²) in [5.41, 5.74) is 2.27. The van der Waals surface area contributed by atoms with Gasteiger partial charge in [-0.2, -0.15) is 23.5 Å². The minimum atomic E-state index is -4.37. The molecule has 43 heavy (non-hydrogen) atoms. The van der Waals surface area contributed by atoms with E-state index in [-0.39, 0.29) is 37.2 Å². The van der Waals surface area contributed by atoms with E-state index in [2.05, 4.69) is 25.7 Å². The third kappa shape index (κ3) is 9.76. The van der Waals surface area contributed by atoms with Gasteiger partial charge in [0, 0.05) is 38.5 Å². The molecule has 2 aromatic heterocycles. The Morgan fingerprint density at radius 1 is 1.09 bits per heavy atom. The van der Waals surface area contributed by atoms with Crippen molar-refractivity contribution in [1.29, 1.82) is 5.26 Å². The summed E-state index contributed by atoms with van der Waals surface area (Å²) in [6, 6.07) is 7.13. The molecule has 9 nitrogen and oxygen atoms in total. The van der Waals surface area contributed by atoms with Crippen molar-refractivity contribution in [3.8, 4) is 6.07 Å². The molecule has 2 fully saturated rings. The number of hydrogen-bond donors (Lipinski definition) is 3. The van der Waals surface area contributed by atoms with Crippen LogP contribution in [0.5, 0.6) is 0 Å². The number of carbonyl (C=O) groups is 2. The summed E-state index contributed by atoms with van der Waals surface area (Å²) in [7, 11) is 0. The fraction of sp³-hybridized carbons (Fsp3) is 0.552. The largest absolute Gasteiger partial charge is 0.389 e. The molecule has 0 radical (unpaired) electrons. The zero-order chi connectivity index (χ0) is 31.0. The van der Waals surface area contributed by atoms with E-state index in [0.29, 0.717) is 47.7 Å². The Bertz CT molecular complexity index is 1450. The predicted molar refractivity (Wildman–Crippen MR) is 147 cm³/mol. The van der Waals surface area contributed by atoms with Gasteiger partial charge in [0.2, 0.25) is 11.8 Å². The second kappa shape index (κ2) is 14.0. The molecular weight excluding hydrogens is 573 g/mol. The summed E-state index contributed by atoms with van der Waals surface area (Å²) in [5.74, 6) is -2.41. The van der Waals surface area contributed by atoms with E-state index in [1.165, 1.54) is 6.42 Å². The SMILES string of the molecule is FC1(F)CCCCC1.N#Cc1nn(CC2CCC2)cc1C(=O)NCc1nc2ccc(CNC(=O)CCC(F)(F)F)cc2[nH]1. The van der Waals surface area contributed by atoms with Crippen molar-refractivity contribution in [3.05, 3.63) is 47.0 Å². The summed E-state index contributed by atoms with van der Waals surface area (Å²) >= 11 is 0. The Morgan fingerprint density at radius 3 is 2.44 bits per heavy atom. The van der Waals surface area contributed by atoms with Crippen LogP contribution in [0.1, 0.15) is 91.6 Å². The van der Waals surface area contributed by atoms with Crippen molar-refractivity contribution in [3.63, 3.8) is 0 Å². The topological polar surface area (TPSA) is 128 Å². The second-order valence-corrected chi connectivity index (χ2v) is 11.0. The number of carbonyl (C=O) groups excluding carboxylic acids is 2. The number of hydrogen-bond acceptors (Lipinski definition) is 5. The second-order valence-electron chi connectivity index (χ2n) is 11.0. The van der Waals surface area contributed by atoms with Crippen molar-refractivity contribution in [1.82, 2.24) is 30.4 Å². The molecule has 3 N–H and O–H groups in total. The van der Waals surface area contributed by atoms with E-state index in [9.17, 15) is 36.8 Å². The number of nitrogens with zero attached hydrogens (tertiary/aromatic N) is 4. The smallest absolute Gasteiger partial charge is 0.352 e. The first-order chi connectivity index (χ1) is 20.4. The van der Waals surface area contributed by atoms with E-state index in [1.807, 2.05) is 6.07 Å². The molecule has 14 heteroatoms. The lowest BCUT2D eigenvalue weighted by molar-refractivity contribution is -0.144. The number of nitrogens with one attached hydrogen (secondary N) is 3. The summed E-state index contributed by atoms with van der Waals surface area (Å²) in [4.78, 5) is 31.7. The molecule has 232 valence electrons. The van der Waals surface area contributed by atoms with Crippen LogP contribution in [0.25, 0.3) is 11.0 Å². The van der Waals surface area contributed by atoms with Gasteiger partial charge in [-0.05, 0) is 49.3 Å². The van der Waals surface area contributed by atoms with Crippen LogP contribution >= 0.6 is 0 Å². The molecule has 2 amide bonds. The van der Waals surface area contributed by atoms with Crippen LogP contribution in [-0.4, -0.2) is 43.7 Å². The summed E-state index contributed by atoms with van der Waals surface area (Å²) in [5, 5.41) is 18.8. The van der Waals surface area contributed by atoms with E-state index in [1.54, 1.807) is 29.1 Å². The summed E-state index contributed by atoms with van der Waals surface area (Å²) < 4.78 is 62.8. The standard InChI is InChI=1S/C23H24F3N7O2.C6H10F2/c24-23(25,26)7-6-21(34)28-10-15-4-5-17-18(8-15)31-20(30-17)11-29-22(35)16-13-33(32-19(16)9-27)12-14-2-1-3-14;7-6(8)4-2-1-3-5-6/h4-5,8,13-14H,1-3,6-7,10-12H2,(H,28,34)(H,29,35)(H,30,31);1-5H2. The molecule has 0 bridgehead atoms. The minimum Gasteiger partial charge on any atom is -0.352 e. The van der Waals surface area contributed by atoms with Gasteiger partial charge < -0.3 is 15.6 Å². The quantitative estimate of drug-likeness (QED) is 0.261. The lowest BCUT2D eigenvalue weighted by Crippen LogP contribution is -2.24. The Morgan fingerprint density at radius 2 is 1.84 bits per heavy atom. The summed E-state index contributed by atoms with van der Waals surface area (Å²) in [6.45, 7) is 0.867. The zero-order valence-electron chi connectivity index (χ0n) is 23.6. The Balaban J connectivity index is 0.000000458. The Hall–Kier alpha value is -4.02. The first-order valence-corrected chi connectivity index (χ1v) is 14.4. The van der Waals surface area contributed by atoms with Crippen molar-refractivity contribution < 1.29 is 31.5 Å². The lowest BCUT2D eigenvalue weighted by atomic mass is 9.85. The Labute approximate surface area is 245 Å². The maximum absolute atomic E-state index is 12.6. The third-order valence-electron chi connectivity index (χ3n) is 7.50. The van der Waals surface area contributed by atoms with Gasteiger partial charge >= 0.3 is 6.18 Å². The van der Waals surface area contributed by atoms with Crippen LogP contribution in [0, 0.1) is 17.2 Å². The summed E-state index contributed by atoms with van der Waals surface area (Å²) in [6.07, 6.45) is 1.56. The first-order valence-electron chi connectivity index (χ1n) is 14.4. The van der Waals surface area contributed by atoms with Gasteiger partial charge in [0.05, 0.1) is 29.6 Å². The number of aromatic nitrogens is 4. The molecule has 0 spiro atoms. The van der Waals surface area contributed by atoms with Gasteiger partial charge in [-0.1, -0.05) is 18.9 Å². The van der Waals surface area contributed by atoms with Gasteiger partial charge in [0.15, 0.2) is 5.69 Å². The first kappa shape index (κ1) is 31.9. The Kier molecular flexibility index (Phi) is 10.4. The molecule has 5 rings (SSSR count). The van der Waals surface area contributed by atoms with Gasteiger partial charge in [-0.25, -0.2) is 13.8 Å². The number of H-pyrrole nitrogens is 1. The number of rotatable bonds is 9. The number of benzene rings is 1. The highest BCUT2D eigenvalue weighted by Gasteiger charge is 2.30. The van der Waals surface area contributed by atoms with E-state index in [0.717, 1.165) is 19.3 Å². The maximum atomic E-state index is 12.6. The van der Waals surface area contributed by atoms with Crippen molar-refractivity contribution in [2.45, 2.75) is 95.9 Å².